The molecule has 4 heterocycles. The van der Waals surface area contributed by atoms with Crippen LogP contribution >= 0.6 is 0 Å². The van der Waals surface area contributed by atoms with Crippen LogP contribution in [0.25, 0.3) is 11.3 Å². The number of aromatic nitrogens is 5. The molecule has 8 heteroatoms. The molecule has 1 aliphatic rings. The lowest BCUT2D eigenvalue weighted by atomic mass is 9.96. The lowest BCUT2D eigenvalue weighted by molar-refractivity contribution is -0.122. The van der Waals surface area contributed by atoms with Gasteiger partial charge in [-0.25, -0.2) is 4.68 Å². The van der Waals surface area contributed by atoms with E-state index in [2.05, 4.69) is 29.9 Å². The zero-order valence-corrected chi connectivity index (χ0v) is 18.0. The number of likely N-dealkylation sites (tertiary alicyclic amines) is 1. The van der Waals surface area contributed by atoms with Crippen LogP contribution in [0.4, 0.5) is 0 Å². The number of benzene rings is 1. The molecule has 5 rings (SSSR count). The van der Waals surface area contributed by atoms with Gasteiger partial charge in [0.05, 0.1) is 18.4 Å². The number of para-hydroxylation sites is 1. The highest BCUT2D eigenvalue weighted by Gasteiger charge is 2.25. The first kappa shape index (κ1) is 20.4. The average Bonchev–Trinajstić information content (AvgIpc) is 3.48. The number of hydrogen-bond acceptors (Lipinski definition) is 5. The summed E-state index contributed by atoms with van der Waals surface area (Å²) in [6, 6.07) is 16.0. The molecule has 4 aromatic rings. The van der Waals surface area contributed by atoms with Crippen molar-refractivity contribution in [1.29, 1.82) is 0 Å². The quantitative estimate of drug-likeness (QED) is 0.488. The summed E-state index contributed by atoms with van der Waals surface area (Å²) < 4.78 is 3.94. The number of carbonyl (C=O) groups excluding carboxylic acids is 1. The summed E-state index contributed by atoms with van der Waals surface area (Å²) in [5.74, 6) is 1.49. The number of piperidine rings is 1. The number of nitrogens with one attached hydrogen (secondary N) is 1. The summed E-state index contributed by atoms with van der Waals surface area (Å²) >= 11 is 0. The molecule has 1 N–H and O–H groups in total. The van der Waals surface area contributed by atoms with Gasteiger partial charge in [0, 0.05) is 24.9 Å². The van der Waals surface area contributed by atoms with E-state index in [0.717, 1.165) is 55.1 Å². The van der Waals surface area contributed by atoms with E-state index >= 15 is 0 Å². The van der Waals surface area contributed by atoms with E-state index in [1.165, 1.54) is 0 Å². The Morgan fingerprint density at radius 1 is 1.03 bits per heavy atom. The summed E-state index contributed by atoms with van der Waals surface area (Å²) in [6.07, 6.45) is 8.64. The molecule has 32 heavy (non-hydrogen) atoms. The SMILES string of the molecule is O=C(CN1CCC(c2nnc3ccccn23)CC1)NCCc1cnn(-c2ccccc2)c1. The average molecular weight is 430 g/mol. The Balaban J connectivity index is 1.06. The summed E-state index contributed by atoms with van der Waals surface area (Å²) in [6.45, 7) is 2.84. The van der Waals surface area contributed by atoms with E-state index in [4.69, 9.17) is 0 Å². The highest BCUT2D eigenvalue weighted by molar-refractivity contribution is 5.78. The molecule has 0 aliphatic carbocycles. The number of nitrogens with zero attached hydrogens (tertiary/aromatic N) is 6. The smallest absolute Gasteiger partial charge is 0.234 e. The lowest BCUT2D eigenvalue weighted by Crippen LogP contribution is -2.41. The zero-order valence-electron chi connectivity index (χ0n) is 18.0. The van der Waals surface area contributed by atoms with Gasteiger partial charge in [0.1, 0.15) is 5.82 Å². The van der Waals surface area contributed by atoms with Gasteiger partial charge >= 0.3 is 0 Å². The minimum atomic E-state index is 0.0758. The van der Waals surface area contributed by atoms with Crippen LogP contribution in [0, 0.1) is 0 Å². The van der Waals surface area contributed by atoms with Gasteiger partial charge < -0.3 is 5.32 Å². The largest absolute Gasteiger partial charge is 0.355 e. The Labute approximate surface area is 186 Å². The first-order valence-electron chi connectivity index (χ1n) is 11.1. The number of fused-ring (bicyclic) bond motifs is 1. The van der Waals surface area contributed by atoms with E-state index < -0.39 is 0 Å². The van der Waals surface area contributed by atoms with E-state index in [9.17, 15) is 4.79 Å². The van der Waals surface area contributed by atoms with Crippen LogP contribution in [0.1, 0.15) is 30.1 Å². The van der Waals surface area contributed by atoms with Crippen molar-refractivity contribution in [3.8, 4) is 5.69 Å². The normalized spacial score (nSPS) is 15.2. The van der Waals surface area contributed by atoms with Crippen molar-refractivity contribution in [2.45, 2.75) is 25.2 Å². The highest BCUT2D eigenvalue weighted by atomic mass is 16.2. The first-order valence-corrected chi connectivity index (χ1v) is 11.1. The Bertz CT molecular complexity index is 1180. The second-order valence-corrected chi connectivity index (χ2v) is 8.27. The van der Waals surface area contributed by atoms with E-state index in [1.807, 2.05) is 71.8 Å². The predicted octanol–water partition coefficient (Wildman–Crippen LogP) is 2.45. The summed E-state index contributed by atoms with van der Waals surface area (Å²) in [4.78, 5) is 14.6. The number of rotatable bonds is 7. The molecule has 1 aromatic carbocycles. The van der Waals surface area contributed by atoms with Crippen LogP contribution < -0.4 is 5.32 Å². The topological polar surface area (TPSA) is 80.3 Å². The molecule has 8 nitrogen and oxygen atoms in total. The molecule has 0 spiro atoms. The van der Waals surface area contributed by atoms with Crippen molar-refractivity contribution in [2.24, 2.45) is 0 Å². The third-order valence-corrected chi connectivity index (χ3v) is 6.05. The second kappa shape index (κ2) is 9.32. The summed E-state index contributed by atoms with van der Waals surface area (Å²) in [7, 11) is 0. The molecule has 164 valence electrons. The van der Waals surface area contributed by atoms with E-state index in [-0.39, 0.29) is 5.91 Å². The van der Waals surface area contributed by atoms with Crippen LogP contribution in [0.5, 0.6) is 0 Å². The van der Waals surface area contributed by atoms with Crippen molar-refractivity contribution < 1.29 is 4.79 Å². The maximum Gasteiger partial charge on any atom is 0.234 e. The van der Waals surface area contributed by atoms with Crippen LogP contribution in [0.3, 0.4) is 0 Å². The fraction of sp³-hybridized carbons (Fsp3) is 0.333. The Morgan fingerprint density at radius 3 is 2.69 bits per heavy atom. The molecule has 0 atom stereocenters. The van der Waals surface area contributed by atoms with Gasteiger partial charge in [0.25, 0.3) is 0 Å². The maximum atomic E-state index is 12.4. The van der Waals surface area contributed by atoms with Crippen LogP contribution in [0.15, 0.2) is 67.1 Å². The van der Waals surface area contributed by atoms with Crippen LogP contribution in [0.2, 0.25) is 0 Å². The van der Waals surface area contributed by atoms with Gasteiger partial charge in [0.2, 0.25) is 5.91 Å². The van der Waals surface area contributed by atoms with E-state index in [0.29, 0.717) is 19.0 Å². The lowest BCUT2D eigenvalue weighted by Gasteiger charge is -2.30. The Kier molecular flexibility index (Phi) is 5.93. The minimum absolute atomic E-state index is 0.0758. The van der Waals surface area contributed by atoms with Gasteiger partial charge in [-0.1, -0.05) is 24.3 Å². The van der Waals surface area contributed by atoms with Crippen molar-refractivity contribution >= 4 is 11.6 Å². The van der Waals surface area contributed by atoms with Crippen molar-refractivity contribution in [2.75, 3.05) is 26.2 Å². The zero-order chi connectivity index (χ0) is 21.8. The van der Waals surface area contributed by atoms with Crippen LogP contribution in [-0.2, 0) is 11.2 Å². The van der Waals surface area contributed by atoms with Gasteiger partial charge in [-0.15, -0.1) is 10.2 Å². The number of amides is 1. The molecular weight excluding hydrogens is 402 g/mol. The second-order valence-electron chi connectivity index (χ2n) is 8.27. The van der Waals surface area contributed by atoms with Crippen molar-refractivity contribution in [1.82, 2.24) is 34.6 Å². The van der Waals surface area contributed by atoms with E-state index in [1.54, 1.807) is 0 Å². The molecule has 0 unspecified atom stereocenters. The molecule has 0 radical (unpaired) electrons. The fourth-order valence-electron chi connectivity index (χ4n) is 4.30. The van der Waals surface area contributed by atoms with Crippen molar-refractivity contribution in [3.63, 3.8) is 0 Å². The summed E-state index contributed by atoms with van der Waals surface area (Å²) in [5.41, 5.74) is 3.03. The first-order chi connectivity index (χ1) is 15.8. The minimum Gasteiger partial charge on any atom is -0.355 e. The number of pyridine rings is 1. The molecule has 1 aliphatic heterocycles. The predicted molar refractivity (Wildman–Crippen MR) is 122 cm³/mol. The number of hydrogen-bond donors (Lipinski definition) is 1. The monoisotopic (exact) mass is 429 g/mol. The van der Waals surface area contributed by atoms with Gasteiger partial charge in [-0.3, -0.25) is 14.1 Å². The van der Waals surface area contributed by atoms with Gasteiger partial charge in [0.15, 0.2) is 5.65 Å². The summed E-state index contributed by atoms with van der Waals surface area (Å²) in [5, 5.41) is 16.1. The molecular formula is C24H27N7O. The van der Waals surface area contributed by atoms with Gasteiger partial charge in [-0.05, 0) is 62.2 Å². The molecule has 0 bridgehead atoms. The third kappa shape index (κ3) is 4.55. The third-order valence-electron chi connectivity index (χ3n) is 6.05. The standard InChI is InChI=1S/C24H27N7O/c32-23(25-12-9-19-16-26-31(17-19)21-6-2-1-3-7-21)18-29-14-10-20(11-15-29)24-28-27-22-8-4-5-13-30(22)24/h1-8,13,16-17,20H,9-12,14-15,18H2,(H,25,32). The molecule has 3 aromatic heterocycles. The van der Waals surface area contributed by atoms with Crippen molar-refractivity contribution in [3.05, 3.63) is 78.5 Å². The Hall–Kier alpha value is -3.52. The Morgan fingerprint density at radius 2 is 1.84 bits per heavy atom. The maximum absolute atomic E-state index is 12.4. The molecule has 0 saturated carbocycles. The highest BCUT2D eigenvalue weighted by Crippen LogP contribution is 2.26. The van der Waals surface area contributed by atoms with Gasteiger partial charge in [-0.2, -0.15) is 5.10 Å². The molecule has 1 amide bonds. The van der Waals surface area contributed by atoms with Crippen LogP contribution in [-0.4, -0.2) is 61.4 Å². The number of carbonyl (C=O) groups is 1. The molecule has 1 fully saturated rings. The molecule has 1 saturated heterocycles. The fourth-order valence-corrected chi connectivity index (χ4v) is 4.30.